The number of nitrogens with two attached hydrogens (primary N) is 1. The van der Waals surface area contributed by atoms with Crippen LogP contribution in [0.2, 0.25) is 5.02 Å². The van der Waals surface area contributed by atoms with Gasteiger partial charge in [-0.2, -0.15) is 0 Å². The Hall–Kier alpha value is -3.47. The smallest absolute Gasteiger partial charge is 0.304 e. The minimum Gasteiger partial charge on any atom is -0.481 e. The predicted molar refractivity (Wildman–Crippen MR) is 163 cm³/mol. The molecule has 1 aliphatic carbocycles. The van der Waals surface area contributed by atoms with Gasteiger partial charge in [0.15, 0.2) is 0 Å². The zero-order chi connectivity index (χ0) is 31.1. The predicted octanol–water partition coefficient (Wildman–Crippen LogP) is 2.66. The van der Waals surface area contributed by atoms with Crippen LogP contribution < -0.4 is 16.4 Å². The van der Waals surface area contributed by atoms with Gasteiger partial charge in [0.1, 0.15) is 6.04 Å². The van der Waals surface area contributed by atoms with Crippen LogP contribution in [-0.2, 0) is 36.8 Å². The quantitative estimate of drug-likeness (QED) is 0.288. The Kier molecular flexibility index (Phi) is 10.8. The van der Waals surface area contributed by atoms with E-state index >= 15 is 0 Å². The number of aliphatic carboxylic acids is 1. The molecule has 1 saturated heterocycles. The third kappa shape index (κ3) is 8.13. The van der Waals surface area contributed by atoms with E-state index in [-0.39, 0.29) is 31.4 Å². The summed E-state index contributed by atoms with van der Waals surface area (Å²) in [7, 11) is 1.44. The van der Waals surface area contributed by atoms with Crippen molar-refractivity contribution in [2.24, 2.45) is 11.7 Å². The van der Waals surface area contributed by atoms with Gasteiger partial charge in [0, 0.05) is 25.2 Å². The number of carboxylic acid groups (broad SMARTS) is 1. The zero-order valence-electron chi connectivity index (χ0n) is 24.7. The third-order valence-electron chi connectivity index (χ3n) is 8.49. The van der Waals surface area contributed by atoms with Crippen LogP contribution in [0.3, 0.4) is 0 Å². The summed E-state index contributed by atoms with van der Waals surface area (Å²) in [6.07, 6.45) is 2.81. The number of carboxylic acids is 1. The van der Waals surface area contributed by atoms with Crippen molar-refractivity contribution < 1.29 is 29.0 Å². The van der Waals surface area contributed by atoms with E-state index in [2.05, 4.69) is 10.6 Å². The minimum atomic E-state index is -1.02. The van der Waals surface area contributed by atoms with Crippen LogP contribution in [0.1, 0.15) is 55.2 Å². The van der Waals surface area contributed by atoms with Crippen LogP contribution >= 0.6 is 11.6 Å². The molecule has 0 bridgehead atoms. The number of carbonyl (C=O) groups is 4. The molecule has 0 radical (unpaired) electrons. The van der Waals surface area contributed by atoms with Crippen LogP contribution in [0, 0.1) is 5.92 Å². The topological polar surface area (TPSA) is 151 Å². The Morgan fingerprint density at radius 2 is 1.86 bits per heavy atom. The van der Waals surface area contributed by atoms with Gasteiger partial charge in [0.25, 0.3) is 0 Å². The number of aryl methyl sites for hydroxylation is 1. The molecule has 1 aliphatic heterocycles. The minimum absolute atomic E-state index is 0.0638. The standard InChI is InChI=1S/C32H41ClN4O6/c1-20(34)29(40)35-27(18-43-2)30(41)36-32(17-21-8-11-23(33)12-9-21)14-5-15-37(19-32)31(42)26(16-28(38)39)25-13-10-22-6-3-4-7-24(22)25/h3-4,6-9,11-12,20,25-27H,5,10,13-19,34H2,1-2H3,(H,35,40)(H,36,41)(H,38,39)/t20?,25-,26?,27?,32+/m0/s1. The van der Waals surface area contributed by atoms with E-state index in [1.165, 1.54) is 14.0 Å². The maximum atomic E-state index is 14.2. The second-order valence-corrected chi connectivity index (χ2v) is 12.2. The number of rotatable bonds is 12. The van der Waals surface area contributed by atoms with Gasteiger partial charge >= 0.3 is 5.97 Å². The van der Waals surface area contributed by atoms with Crippen molar-refractivity contribution in [2.75, 3.05) is 26.8 Å². The Bertz CT molecular complexity index is 1320. The van der Waals surface area contributed by atoms with Gasteiger partial charge in [-0.1, -0.05) is 48.0 Å². The van der Waals surface area contributed by atoms with Crippen molar-refractivity contribution in [1.29, 1.82) is 0 Å². The van der Waals surface area contributed by atoms with Gasteiger partial charge in [-0.15, -0.1) is 0 Å². The second-order valence-electron chi connectivity index (χ2n) is 11.8. The Labute approximate surface area is 257 Å². The fraction of sp³-hybridized carbons (Fsp3) is 0.500. The van der Waals surface area contributed by atoms with Gasteiger partial charge in [0.2, 0.25) is 17.7 Å². The number of piperidine rings is 1. The third-order valence-corrected chi connectivity index (χ3v) is 8.74. The van der Waals surface area contributed by atoms with Crippen LogP contribution in [0.5, 0.6) is 0 Å². The molecule has 2 aromatic rings. The number of hydrogen-bond donors (Lipinski definition) is 4. The highest BCUT2D eigenvalue weighted by Gasteiger charge is 2.44. The lowest BCUT2D eigenvalue weighted by atomic mass is 9.80. The van der Waals surface area contributed by atoms with Crippen molar-refractivity contribution in [2.45, 2.75) is 69.0 Å². The van der Waals surface area contributed by atoms with Gasteiger partial charge in [-0.25, -0.2) is 0 Å². The average molecular weight is 613 g/mol. The van der Waals surface area contributed by atoms with Crippen molar-refractivity contribution >= 4 is 35.3 Å². The molecule has 3 unspecified atom stereocenters. The van der Waals surface area contributed by atoms with Crippen LogP contribution in [-0.4, -0.2) is 78.1 Å². The van der Waals surface area contributed by atoms with E-state index in [0.717, 1.165) is 23.1 Å². The van der Waals surface area contributed by atoms with Gasteiger partial charge < -0.3 is 31.1 Å². The molecule has 2 aromatic carbocycles. The van der Waals surface area contributed by atoms with E-state index < -0.39 is 41.3 Å². The molecule has 11 heteroatoms. The maximum absolute atomic E-state index is 14.2. The molecule has 2 aliphatic rings. The lowest BCUT2D eigenvalue weighted by molar-refractivity contribution is -0.147. The second kappa shape index (κ2) is 14.3. The first kappa shape index (κ1) is 32.4. The van der Waals surface area contributed by atoms with E-state index in [0.29, 0.717) is 37.3 Å². The highest BCUT2D eigenvalue weighted by atomic mass is 35.5. The molecule has 4 rings (SSSR count). The Morgan fingerprint density at radius 3 is 2.53 bits per heavy atom. The molecule has 1 fully saturated rings. The lowest BCUT2D eigenvalue weighted by Crippen LogP contribution is -2.65. The maximum Gasteiger partial charge on any atom is 0.304 e. The summed E-state index contributed by atoms with van der Waals surface area (Å²) in [4.78, 5) is 53.9. The van der Waals surface area contributed by atoms with Crippen LogP contribution in [0.25, 0.3) is 0 Å². The molecule has 3 amide bonds. The van der Waals surface area contributed by atoms with Crippen molar-refractivity contribution in [3.05, 3.63) is 70.2 Å². The van der Waals surface area contributed by atoms with Gasteiger partial charge in [-0.05, 0) is 73.8 Å². The van der Waals surface area contributed by atoms with Gasteiger partial charge in [-0.3, -0.25) is 19.2 Å². The first-order chi connectivity index (χ1) is 20.5. The normalized spacial score (nSPS) is 21.8. The fourth-order valence-corrected chi connectivity index (χ4v) is 6.56. The molecule has 5 atom stereocenters. The number of methoxy groups -OCH3 is 1. The largest absolute Gasteiger partial charge is 0.481 e. The number of hydrogen-bond acceptors (Lipinski definition) is 6. The molecular weight excluding hydrogens is 572 g/mol. The molecular formula is C32H41ClN4O6. The van der Waals surface area contributed by atoms with Crippen molar-refractivity contribution in [3.63, 3.8) is 0 Å². The van der Waals surface area contributed by atoms with Crippen LogP contribution in [0.4, 0.5) is 0 Å². The summed E-state index contributed by atoms with van der Waals surface area (Å²) in [6.45, 7) is 2.10. The summed E-state index contributed by atoms with van der Waals surface area (Å²) in [6, 6.07) is 13.4. The molecule has 0 saturated carbocycles. The van der Waals surface area contributed by atoms with Crippen LogP contribution in [0.15, 0.2) is 48.5 Å². The summed E-state index contributed by atoms with van der Waals surface area (Å²) in [5.41, 5.74) is 7.93. The number of halogens is 1. The number of benzene rings is 2. The number of ether oxygens (including phenoxy) is 1. The zero-order valence-corrected chi connectivity index (χ0v) is 25.4. The summed E-state index contributed by atoms with van der Waals surface area (Å²) in [5.74, 6) is -3.11. The average Bonchev–Trinajstić information content (AvgIpc) is 3.40. The highest BCUT2D eigenvalue weighted by molar-refractivity contribution is 6.30. The molecule has 43 heavy (non-hydrogen) atoms. The number of fused-ring (bicyclic) bond motifs is 1. The molecule has 5 N–H and O–H groups in total. The van der Waals surface area contributed by atoms with E-state index in [9.17, 15) is 24.3 Å². The lowest BCUT2D eigenvalue weighted by Gasteiger charge is -2.45. The summed E-state index contributed by atoms with van der Waals surface area (Å²) < 4.78 is 5.22. The number of carbonyl (C=O) groups excluding carboxylic acids is 3. The fourth-order valence-electron chi connectivity index (χ4n) is 6.44. The Morgan fingerprint density at radius 1 is 1.14 bits per heavy atom. The molecule has 1 heterocycles. The first-order valence-corrected chi connectivity index (χ1v) is 15.1. The number of nitrogens with zero attached hydrogens (tertiary/aromatic N) is 1. The number of amides is 3. The number of likely N-dealkylation sites (tertiary alicyclic amines) is 1. The molecule has 0 aromatic heterocycles. The molecule has 10 nitrogen and oxygen atoms in total. The Balaban J connectivity index is 1.63. The van der Waals surface area contributed by atoms with Crippen molar-refractivity contribution in [1.82, 2.24) is 15.5 Å². The first-order valence-electron chi connectivity index (χ1n) is 14.7. The van der Waals surface area contributed by atoms with E-state index in [4.69, 9.17) is 22.1 Å². The summed E-state index contributed by atoms with van der Waals surface area (Å²) >= 11 is 6.13. The SMILES string of the molecule is COCC(NC(=O)C(C)N)C(=O)N[C@@]1(Cc2ccc(Cl)cc2)CCCN(C(=O)C(CC(=O)O)[C@H]2CCc3ccccc32)C1. The molecule has 0 spiro atoms. The van der Waals surface area contributed by atoms with E-state index in [1.54, 1.807) is 17.0 Å². The van der Waals surface area contributed by atoms with Crippen molar-refractivity contribution in [3.8, 4) is 0 Å². The monoisotopic (exact) mass is 612 g/mol. The molecule has 232 valence electrons. The number of nitrogens with one attached hydrogen (secondary N) is 2. The summed E-state index contributed by atoms with van der Waals surface area (Å²) in [5, 5.41) is 16.2. The van der Waals surface area contributed by atoms with E-state index in [1.807, 2.05) is 36.4 Å². The van der Waals surface area contributed by atoms with Gasteiger partial charge in [0.05, 0.1) is 30.5 Å². The highest BCUT2D eigenvalue weighted by Crippen LogP contribution is 2.41.